The molecule has 0 spiro atoms. The zero-order chi connectivity index (χ0) is 18.7. The van der Waals surface area contributed by atoms with Gasteiger partial charge in [-0.2, -0.15) is 0 Å². The second kappa shape index (κ2) is 11.0. The van der Waals surface area contributed by atoms with Crippen LogP contribution in [-0.4, -0.2) is 86.5 Å². The minimum atomic E-state index is 0.579. The van der Waals surface area contributed by atoms with Crippen molar-refractivity contribution in [2.75, 3.05) is 70.6 Å². The van der Waals surface area contributed by atoms with Gasteiger partial charge in [-0.3, -0.25) is 4.99 Å². The van der Waals surface area contributed by atoms with E-state index in [-0.39, 0.29) is 0 Å². The van der Waals surface area contributed by atoms with Gasteiger partial charge >= 0.3 is 0 Å². The van der Waals surface area contributed by atoms with E-state index in [1.807, 2.05) is 6.07 Å². The fourth-order valence-electron chi connectivity index (χ4n) is 3.31. The normalized spacial score (nSPS) is 20.9. The molecule has 2 aliphatic heterocycles. The van der Waals surface area contributed by atoms with E-state index in [0.29, 0.717) is 5.92 Å². The van der Waals surface area contributed by atoms with Gasteiger partial charge in [-0.05, 0) is 25.8 Å². The lowest BCUT2D eigenvalue weighted by Crippen LogP contribution is -2.53. The zero-order valence-corrected chi connectivity index (χ0v) is 16.3. The summed E-state index contributed by atoms with van der Waals surface area (Å²) in [6.45, 7) is 10.7. The highest BCUT2D eigenvalue weighted by Crippen LogP contribution is 2.12. The Bertz CT molecular complexity index is 557. The Labute approximate surface area is 162 Å². The van der Waals surface area contributed by atoms with Crippen molar-refractivity contribution in [1.82, 2.24) is 20.2 Å². The van der Waals surface area contributed by atoms with Gasteiger partial charge in [0.25, 0.3) is 0 Å². The molecule has 3 heterocycles. The van der Waals surface area contributed by atoms with Crippen LogP contribution in [0.4, 0.5) is 5.95 Å². The van der Waals surface area contributed by atoms with Gasteiger partial charge in [-0.25, -0.2) is 9.97 Å². The van der Waals surface area contributed by atoms with E-state index in [0.717, 1.165) is 90.4 Å². The number of hydrogen-bond acceptors (Lipinski definition) is 6. The highest BCUT2D eigenvalue weighted by atomic mass is 16.5. The van der Waals surface area contributed by atoms with Gasteiger partial charge in [0.1, 0.15) is 0 Å². The highest BCUT2D eigenvalue weighted by molar-refractivity contribution is 5.80. The van der Waals surface area contributed by atoms with Crippen LogP contribution in [0.3, 0.4) is 0 Å². The first-order chi connectivity index (χ1) is 13.4. The summed E-state index contributed by atoms with van der Waals surface area (Å²) >= 11 is 0. The standard InChI is InChI=1S/C19H32N6O2/c1-2-20-18(23-8-4-13-26-15-17-5-14-27-16-17)24-9-11-25(12-10-24)19-21-6-3-7-22-19/h3,6-7,17H,2,4-5,8-16H2,1H3,(H,20,23). The van der Waals surface area contributed by atoms with Crippen LogP contribution in [0.2, 0.25) is 0 Å². The molecular weight excluding hydrogens is 344 g/mol. The molecule has 27 heavy (non-hydrogen) atoms. The SMILES string of the molecule is CCNC(=NCCCOCC1CCOC1)N1CCN(c2ncccn2)CC1. The van der Waals surface area contributed by atoms with Gasteiger partial charge in [0, 0.05) is 70.8 Å². The number of hydrogen-bond donors (Lipinski definition) is 1. The number of guanidine groups is 1. The van der Waals surface area contributed by atoms with Crippen molar-refractivity contribution in [2.45, 2.75) is 19.8 Å². The molecule has 150 valence electrons. The third-order valence-corrected chi connectivity index (χ3v) is 4.83. The minimum absolute atomic E-state index is 0.579. The van der Waals surface area contributed by atoms with Crippen LogP contribution in [0.15, 0.2) is 23.5 Å². The van der Waals surface area contributed by atoms with E-state index in [9.17, 15) is 0 Å². The Morgan fingerprint density at radius 2 is 2.11 bits per heavy atom. The first-order valence-corrected chi connectivity index (χ1v) is 10.1. The van der Waals surface area contributed by atoms with Gasteiger partial charge in [-0.1, -0.05) is 0 Å². The molecule has 3 rings (SSSR count). The number of nitrogens with zero attached hydrogens (tertiary/aromatic N) is 5. The summed E-state index contributed by atoms with van der Waals surface area (Å²) in [7, 11) is 0. The molecule has 1 N–H and O–H groups in total. The fraction of sp³-hybridized carbons (Fsp3) is 0.737. The first kappa shape index (κ1) is 19.8. The third-order valence-electron chi connectivity index (χ3n) is 4.83. The Kier molecular flexibility index (Phi) is 8.10. The molecule has 0 bridgehead atoms. The molecule has 0 aromatic carbocycles. The van der Waals surface area contributed by atoms with Gasteiger partial charge < -0.3 is 24.6 Å². The lowest BCUT2D eigenvalue weighted by molar-refractivity contribution is 0.0893. The molecule has 8 heteroatoms. The quantitative estimate of drug-likeness (QED) is 0.412. The number of aromatic nitrogens is 2. The predicted molar refractivity (Wildman–Crippen MR) is 106 cm³/mol. The zero-order valence-electron chi connectivity index (χ0n) is 16.3. The van der Waals surface area contributed by atoms with Gasteiger partial charge in [-0.15, -0.1) is 0 Å². The van der Waals surface area contributed by atoms with Gasteiger partial charge in [0.05, 0.1) is 13.2 Å². The molecule has 1 unspecified atom stereocenters. The summed E-state index contributed by atoms with van der Waals surface area (Å²) in [5.74, 6) is 2.38. The van der Waals surface area contributed by atoms with Gasteiger partial charge in [0.15, 0.2) is 5.96 Å². The van der Waals surface area contributed by atoms with Crippen LogP contribution in [-0.2, 0) is 9.47 Å². The van der Waals surface area contributed by atoms with Crippen molar-refractivity contribution in [3.05, 3.63) is 18.5 Å². The second-order valence-electron chi connectivity index (χ2n) is 6.92. The summed E-state index contributed by atoms with van der Waals surface area (Å²) in [6.07, 6.45) is 5.66. The molecule has 0 saturated carbocycles. The Morgan fingerprint density at radius 1 is 1.30 bits per heavy atom. The van der Waals surface area contributed by atoms with E-state index < -0.39 is 0 Å². The molecular formula is C19H32N6O2. The fourth-order valence-corrected chi connectivity index (χ4v) is 3.31. The molecule has 0 amide bonds. The van der Waals surface area contributed by atoms with E-state index in [4.69, 9.17) is 14.5 Å². The van der Waals surface area contributed by atoms with Crippen molar-refractivity contribution < 1.29 is 9.47 Å². The lowest BCUT2D eigenvalue weighted by atomic mass is 10.1. The third kappa shape index (κ3) is 6.32. The maximum absolute atomic E-state index is 5.76. The molecule has 1 atom stereocenters. The minimum Gasteiger partial charge on any atom is -0.381 e. The first-order valence-electron chi connectivity index (χ1n) is 10.1. The summed E-state index contributed by atoms with van der Waals surface area (Å²) in [4.78, 5) is 18.0. The number of anilines is 1. The van der Waals surface area contributed by atoms with Crippen molar-refractivity contribution >= 4 is 11.9 Å². The Hall–Kier alpha value is -1.93. The largest absolute Gasteiger partial charge is 0.381 e. The van der Waals surface area contributed by atoms with Crippen molar-refractivity contribution in [1.29, 1.82) is 0 Å². The van der Waals surface area contributed by atoms with Crippen molar-refractivity contribution in [2.24, 2.45) is 10.9 Å². The maximum atomic E-state index is 5.76. The molecule has 0 radical (unpaired) electrons. The number of piperazine rings is 1. The summed E-state index contributed by atoms with van der Waals surface area (Å²) < 4.78 is 11.1. The van der Waals surface area contributed by atoms with Crippen LogP contribution in [0.1, 0.15) is 19.8 Å². The number of ether oxygens (including phenoxy) is 2. The smallest absolute Gasteiger partial charge is 0.225 e. The van der Waals surface area contributed by atoms with Crippen LogP contribution in [0.25, 0.3) is 0 Å². The molecule has 0 aliphatic carbocycles. The predicted octanol–water partition coefficient (Wildman–Crippen LogP) is 1.01. The van der Waals surface area contributed by atoms with Crippen LogP contribution < -0.4 is 10.2 Å². The van der Waals surface area contributed by atoms with E-state index in [1.165, 1.54) is 0 Å². The summed E-state index contributed by atoms with van der Waals surface area (Å²) in [5.41, 5.74) is 0. The second-order valence-corrected chi connectivity index (χ2v) is 6.92. The molecule has 1 aromatic rings. The molecule has 1 aromatic heterocycles. The number of aliphatic imine (C=N–C) groups is 1. The van der Waals surface area contributed by atoms with Crippen LogP contribution in [0.5, 0.6) is 0 Å². The maximum Gasteiger partial charge on any atom is 0.225 e. The molecule has 2 fully saturated rings. The van der Waals surface area contributed by atoms with E-state index in [2.05, 4.69) is 32.0 Å². The van der Waals surface area contributed by atoms with Crippen molar-refractivity contribution in [3.63, 3.8) is 0 Å². The topological polar surface area (TPSA) is 75.1 Å². The lowest BCUT2D eigenvalue weighted by Gasteiger charge is -2.36. The van der Waals surface area contributed by atoms with E-state index >= 15 is 0 Å². The average Bonchev–Trinajstić information content (AvgIpc) is 3.24. The van der Waals surface area contributed by atoms with Gasteiger partial charge in [0.2, 0.25) is 5.95 Å². The van der Waals surface area contributed by atoms with Crippen LogP contribution in [0, 0.1) is 5.92 Å². The van der Waals surface area contributed by atoms with E-state index in [1.54, 1.807) is 12.4 Å². The molecule has 8 nitrogen and oxygen atoms in total. The highest BCUT2D eigenvalue weighted by Gasteiger charge is 2.21. The number of rotatable bonds is 8. The Balaban J connectivity index is 1.38. The average molecular weight is 377 g/mol. The molecule has 2 saturated heterocycles. The summed E-state index contributed by atoms with van der Waals surface area (Å²) in [5, 5.41) is 3.41. The summed E-state index contributed by atoms with van der Waals surface area (Å²) in [6, 6.07) is 1.85. The van der Waals surface area contributed by atoms with Crippen LogP contribution >= 0.6 is 0 Å². The van der Waals surface area contributed by atoms with Crippen molar-refractivity contribution in [3.8, 4) is 0 Å². The Morgan fingerprint density at radius 3 is 2.81 bits per heavy atom. The number of nitrogens with one attached hydrogen (secondary N) is 1. The molecule has 2 aliphatic rings. The monoisotopic (exact) mass is 376 g/mol.